The van der Waals surface area contributed by atoms with Crippen LogP contribution in [0.15, 0.2) is 22.8 Å². The highest BCUT2D eigenvalue weighted by atomic mass is 16.3. The van der Waals surface area contributed by atoms with Crippen LogP contribution >= 0.6 is 0 Å². The summed E-state index contributed by atoms with van der Waals surface area (Å²) in [5.74, 6) is -0.421. The molecule has 6 nitrogen and oxygen atoms in total. The van der Waals surface area contributed by atoms with E-state index in [4.69, 9.17) is 4.42 Å². The van der Waals surface area contributed by atoms with E-state index in [1.54, 1.807) is 12.1 Å². The van der Waals surface area contributed by atoms with Crippen molar-refractivity contribution < 1.29 is 18.9 Å². The summed E-state index contributed by atoms with van der Waals surface area (Å²) in [7, 11) is 0. The summed E-state index contributed by atoms with van der Waals surface area (Å²) >= 11 is 0. The number of rotatable bonds is 3. The minimum absolute atomic E-state index is 0.166. The zero-order chi connectivity index (χ0) is 14.2. The Balaban J connectivity index is 1.70. The summed E-state index contributed by atoms with van der Waals surface area (Å²) in [5.41, 5.74) is 4.79. The molecule has 1 aliphatic rings. The van der Waals surface area contributed by atoms with E-state index in [-0.39, 0.29) is 11.7 Å². The van der Waals surface area contributed by atoms with Gasteiger partial charge in [-0.3, -0.25) is 20.4 Å². The van der Waals surface area contributed by atoms with Crippen LogP contribution in [-0.4, -0.2) is 31.4 Å². The Hall–Kier alpha value is -1.82. The van der Waals surface area contributed by atoms with Crippen molar-refractivity contribution in [2.75, 3.05) is 19.6 Å². The van der Waals surface area contributed by atoms with Crippen molar-refractivity contribution in [2.24, 2.45) is 0 Å². The van der Waals surface area contributed by atoms with Crippen LogP contribution in [0.3, 0.4) is 0 Å². The van der Waals surface area contributed by atoms with Crippen LogP contribution in [-0.2, 0) is 4.79 Å². The maximum atomic E-state index is 11.8. The fourth-order valence-electron chi connectivity index (χ4n) is 2.45. The first-order valence-electron chi connectivity index (χ1n) is 7.22. The van der Waals surface area contributed by atoms with Crippen molar-refractivity contribution in [2.45, 2.75) is 32.1 Å². The predicted molar refractivity (Wildman–Crippen MR) is 73.0 cm³/mol. The molecule has 20 heavy (non-hydrogen) atoms. The van der Waals surface area contributed by atoms with Gasteiger partial charge in [-0.1, -0.05) is 6.42 Å². The lowest BCUT2D eigenvalue weighted by Crippen LogP contribution is -3.13. The SMILES string of the molecule is O=C(C[NH+]1CCCCCCC1)NNC(=O)c1ccco1. The van der Waals surface area contributed by atoms with Gasteiger partial charge in [0.15, 0.2) is 12.3 Å². The maximum Gasteiger partial charge on any atom is 0.305 e. The molecule has 0 bridgehead atoms. The van der Waals surface area contributed by atoms with Crippen LogP contribution in [0.5, 0.6) is 0 Å². The van der Waals surface area contributed by atoms with E-state index in [1.807, 2.05) is 0 Å². The summed E-state index contributed by atoms with van der Waals surface area (Å²) in [4.78, 5) is 24.7. The van der Waals surface area contributed by atoms with Crippen molar-refractivity contribution in [1.29, 1.82) is 0 Å². The largest absolute Gasteiger partial charge is 0.459 e. The van der Waals surface area contributed by atoms with Gasteiger partial charge >= 0.3 is 5.91 Å². The fraction of sp³-hybridized carbons (Fsp3) is 0.571. The molecule has 0 spiro atoms. The second-order valence-corrected chi connectivity index (χ2v) is 5.17. The smallest absolute Gasteiger partial charge is 0.305 e. The van der Waals surface area contributed by atoms with Crippen molar-refractivity contribution in [3.05, 3.63) is 24.2 Å². The number of amides is 2. The van der Waals surface area contributed by atoms with Gasteiger partial charge in [0, 0.05) is 0 Å². The summed E-state index contributed by atoms with van der Waals surface area (Å²) in [6.07, 6.45) is 7.56. The van der Waals surface area contributed by atoms with E-state index in [0.717, 1.165) is 13.1 Å². The van der Waals surface area contributed by atoms with Gasteiger partial charge in [-0.15, -0.1) is 0 Å². The molecule has 2 heterocycles. The molecule has 1 aromatic rings. The van der Waals surface area contributed by atoms with Gasteiger partial charge < -0.3 is 9.32 Å². The average molecular weight is 280 g/mol. The van der Waals surface area contributed by atoms with Gasteiger partial charge in [-0.2, -0.15) is 0 Å². The standard InChI is InChI=1S/C14H21N3O3/c18-13(11-17-8-4-2-1-3-5-9-17)15-16-14(19)12-7-6-10-20-12/h6-7,10H,1-5,8-9,11H2,(H,15,18)(H,16,19)/p+1. The molecule has 0 radical (unpaired) electrons. The summed E-state index contributed by atoms with van der Waals surface area (Å²) in [6.45, 7) is 2.46. The molecule has 2 amide bonds. The van der Waals surface area contributed by atoms with Crippen LogP contribution in [0, 0.1) is 0 Å². The van der Waals surface area contributed by atoms with Crippen molar-refractivity contribution in [1.82, 2.24) is 10.9 Å². The van der Waals surface area contributed by atoms with Gasteiger partial charge in [-0.05, 0) is 37.8 Å². The first-order valence-corrected chi connectivity index (χ1v) is 7.22. The lowest BCUT2D eigenvalue weighted by Gasteiger charge is -2.21. The molecule has 0 unspecified atom stereocenters. The molecule has 0 aromatic carbocycles. The molecular weight excluding hydrogens is 258 g/mol. The number of hydrogen-bond acceptors (Lipinski definition) is 3. The maximum absolute atomic E-state index is 11.8. The fourth-order valence-corrected chi connectivity index (χ4v) is 2.45. The Morgan fingerprint density at radius 3 is 2.45 bits per heavy atom. The topological polar surface area (TPSA) is 75.8 Å². The highest BCUT2D eigenvalue weighted by Gasteiger charge is 2.16. The van der Waals surface area contributed by atoms with E-state index in [0.29, 0.717) is 6.54 Å². The number of furan rings is 1. The average Bonchev–Trinajstić information content (AvgIpc) is 2.93. The molecule has 2 rings (SSSR count). The number of carbonyl (C=O) groups excluding carboxylic acids is 2. The minimum Gasteiger partial charge on any atom is -0.459 e. The molecule has 0 atom stereocenters. The molecule has 1 fully saturated rings. The Morgan fingerprint density at radius 1 is 1.10 bits per heavy atom. The van der Waals surface area contributed by atoms with Gasteiger partial charge in [0.25, 0.3) is 5.91 Å². The summed E-state index contributed by atoms with van der Waals surface area (Å²) in [5, 5.41) is 0. The van der Waals surface area contributed by atoms with E-state index < -0.39 is 5.91 Å². The molecule has 3 N–H and O–H groups in total. The van der Waals surface area contributed by atoms with Crippen LogP contribution < -0.4 is 15.8 Å². The molecule has 110 valence electrons. The van der Waals surface area contributed by atoms with Crippen LogP contribution in [0.2, 0.25) is 0 Å². The van der Waals surface area contributed by atoms with Crippen LogP contribution in [0.1, 0.15) is 42.7 Å². The lowest BCUT2D eigenvalue weighted by molar-refractivity contribution is -0.893. The highest BCUT2D eigenvalue weighted by Crippen LogP contribution is 2.02. The van der Waals surface area contributed by atoms with Crippen LogP contribution in [0.4, 0.5) is 0 Å². The molecule has 0 saturated carbocycles. The first kappa shape index (κ1) is 14.6. The highest BCUT2D eigenvalue weighted by molar-refractivity contribution is 5.92. The Bertz CT molecular complexity index is 423. The van der Waals surface area contributed by atoms with Crippen molar-refractivity contribution in [3.8, 4) is 0 Å². The van der Waals surface area contributed by atoms with Crippen molar-refractivity contribution in [3.63, 3.8) is 0 Å². The van der Waals surface area contributed by atoms with Gasteiger partial charge in [0.2, 0.25) is 0 Å². The second kappa shape index (κ2) is 7.69. The third-order valence-electron chi connectivity index (χ3n) is 3.53. The van der Waals surface area contributed by atoms with Crippen molar-refractivity contribution >= 4 is 11.8 Å². The molecular formula is C14H22N3O3+. The summed E-state index contributed by atoms with van der Waals surface area (Å²) in [6, 6.07) is 3.17. The van der Waals surface area contributed by atoms with Gasteiger partial charge in [-0.25, -0.2) is 0 Å². The van der Waals surface area contributed by atoms with Gasteiger partial charge in [0.1, 0.15) is 0 Å². The second-order valence-electron chi connectivity index (χ2n) is 5.17. The Kier molecular flexibility index (Phi) is 5.61. The molecule has 0 aliphatic carbocycles. The molecule has 6 heteroatoms. The van der Waals surface area contributed by atoms with E-state index in [9.17, 15) is 9.59 Å². The summed E-state index contributed by atoms with van der Waals surface area (Å²) < 4.78 is 4.94. The number of likely N-dealkylation sites (tertiary alicyclic amines) is 1. The normalized spacial score (nSPS) is 17.0. The molecule has 1 aromatic heterocycles. The Labute approximate surface area is 118 Å². The number of quaternary nitrogens is 1. The van der Waals surface area contributed by atoms with Crippen LogP contribution in [0.25, 0.3) is 0 Å². The third kappa shape index (κ3) is 4.70. The number of hydrogen-bond donors (Lipinski definition) is 3. The number of carbonyl (C=O) groups is 2. The monoisotopic (exact) mass is 280 g/mol. The number of hydrazine groups is 1. The van der Waals surface area contributed by atoms with E-state index in [1.165, 1.54) is 43.3 Å². The quantitative estimate of drug-likeness (QED) is 0.676. The lowest BCUT2D eigenvalue weighted by atomic mass is 10.1. The van der Waals surface area contributed by atoms with E-state index >= 15 is 0 Å². The first-order chi connectivity index (χ1) is 9.75. The van der Waals surface area contributed by atoms with Gasteiger partial charge in [0.05, 0.1) is 19.4 Å². The zero-order valence-electron chi connectivity index (χ0n) is 11.6. The number of nitrogens with one attached hydrogen (secondary N) is 3. The molecule has 1 aliphatic heterocycles. The van der Waals surface area contributed by atoms with E-state index in [2.05, 4.69) is 10.9 Å². The minimum atomic E-state index is -0.439. The zero-order valence-corrected chi connectivity index (χ0v) is 11.6. The predicted octanol–water partition coefficient (Wildman–Crippen LogP) is -0.110. The molecule has 1 saturated heterocycles. The Morgan fingerprint density at radius 2 is 1.80 bits per heavy atom. The third-order valence-corrected chi connectivity index (χ3v) is 3.53.